The van der Waals surface area contributed by atoms with Crippen molar-refractivity contribution in [1.82, 2.24) is 4.90 Å². The van der Waals surface area contributed by atoms with Crippen molar-refractivity contribution in [3.63, 3.8) is 0 Å². The van der Waals surface area contributed by atoms with Crippen LogP contribution in [0.15, 0.2) is 0 Å². The standard InChI is InChI=1S/C41H67NO15/c1-19-17-41(18-49-41)38(46)23(5)34(53-27(9)43)21(3)25(7)52-39(47)24(6)35(56-32-16-31(48-14)36(26(8)51-32)54-28(10)44)22(4)33(19)57-40-37(55-29(11)45)30(42(12)13)15-20(2)50-40/h19-26,30-37,40H,15-18H2,1-14H3/t19-,20?,21-,22+,23+,24-,25+,26?,30?,31?,32?,33-,34-,35-,36?,37?,40?,41-/m0/s1. The highest BCUT2D eigenvalue weighted by Crippen LogP contribution is 2.44. The van der Waals surface area contributed by atoms with E-state index in [0.29, 0.717) is 6.42 Å². The second-order valence-corrected chi connectivity index (χ2v) is 17.1. The number of methoxy groups -OCH3 is 1. The van der Waals surface area contributed by atoms with Crippen LogP contribution in [-0.4, -0.2) is 142 Å². The van der Waals surface area contributed by atoms with Crippen LogP contribution in [0.1, 0.15) is 95.4 Å². The molecule has 0 aliphatic carbocycles. The fourth-order valence-electron chi connectivity index (χ4n) is 8.93. The molecule has 4 saturated heterocycles. The number of hydrogen-bond donors (Lipinski definition) is 0. The van der Waals surface area contributed by atoms with Crippen molar-refractivity contribution in [2.75, 3.05) is 27.8 Å². The van der Waals surface area contributed by atoms with Crippen molar-refractivity contribution in [1.29, 1.82) is 0 Å². The Balaban J connectivity index is 1.82. The van der Waals surface area contributed by atoms with Gasteiger partial charge in [0.2, 0.25) is 0 Å². The maximum Gasteiger partial charge on any atom is 0.311 e. The molecular formula is C41H67NO15. The van der Waals surface area contributed by atoms with Crippen LogP contribution in [0.5, 0.6) is 0 Å². The molecule has 326 valence electrons. The summed E-state index contributed by atoms with van der Waals surface area (Å²) in [6.07, 6.45) is -7.35. The normalized spacial score (nSPS) is 43.5. The number of carbonyl (C=O) groups excluding carboxylic acids is 5. The monoisotopic (exact) mass is 813 g/mol. The maximum absolute atomic E-state index is 14.4. The number of Topliss-reactive ketones (excluding diaryl/α,β-unsaturated/α-hetero) is 1. The second kappa shape index (κ2) is 19.6. The van der Waals surface area contributed by atoms with Gasteiger partial charge in [-0.1, -0.05) is 27.7 Å². The first kappa shape index (κ1) is 47.0. The zero-order valence-corrected chi connectivity index (χ0v) is 36.2. The van der Waals surface area contributed by atoms with E-state index in [-0.39, 0.29) is 37.4 Å². The number of likely N-dealkylation sites (N-methyl/N-ethyl adjacent to an activating group) is 1. The lowest BCUT2D eigenvalue weighted by atomic mass is 9.76. The Kier molecular flexibility index (Phi) is 16.1. The van der Waals surface area contributed by atoms with Gasteiger partial charge in [-0.25, -0.2) is 0 Å². The lowest BCUT2D eigenvalue weighted by Crippen LogP contribution is -2.58. The van der Waals surface area contributed by atoms with Gasteiger partial charge >= 0.3 is 23.9 Å². The Bertz CT molecular complexity index is 1420. The predicted molar refractivity (Wildman–Crippen MR) is 202 cm³/mol. The van der Waals surface area contributed by atoms with E-state index < -0.39 is 120 Å². The molecule has 0 aromatic rings. The number of ether oxygens (including phenoxy) is 10. The summed E-state index contributed by atoms with van der Waals surface area (Å²) >= 11 is 0. The Morgan fingerprint density at radius 1 is 0.702 bits per heavy atom. The molecule has 1 spiro atoms. The van der Waals surface area contributed by atoms with E-state index in [2.05, 4.69) is 0 Å². The third kappa shape index (κ3) is 11.3. The molecule has 0 bridgehead atoms. The summed E-state index contributed by atoms with van der Waals surface area (Å²) < 4.78 is 61.5. The van der Waals surface area contributed by atoms with Crippen LogP contribution < -0.4 is 0 Å². The molecule has 4 heterocycles. The van der Waals surface area contributed by atoms with E-state index in [4.69, 9.17) is 47.4 Å². The van der Waals surface area contributed by atoms with Gasteiger partial charge in [0.15, 0.2) is 36.2 Å². The Hall–Kier alpha value is -2.73. The lowest BCUT2D eigenvalue weighted by molar-refractivity contribution is -0.301. The van der Waals surface area contributed by atoms with Crippen LogP contribution in [-0.2, 0) is 71.3 Å². The van der Waals surface area contributed by atoms with Gasteiger partial charge in [0.05, 0.1) is 48.9 Å². The van der Waals surface area contributed by atoms with Crippen LogP contribution in [0, 0.1) is 29.6 Å². The third-order valence-corrected chi connectivity index (χ3v) is 12.2. The third-order valence-electron chi connectivity index (χ3n) is 12.2. The van der Waals surface area contributed by atoms with E-state index in [1.807, 2.05) is 39.8 Å². The summed E-state index contributed by atoms with van der Waals surface area (Å²) in [7, 11) is 5.31. The van der Waals surface area contributed by atoms with Crippen molar-refractivity contribution < 1.29 is 71.3 Å². The molecule has 4 fully saturated rings. The Morgan fingerprint density at radius 2 is 1.28 bits per heavy atom. The molecule has 0 amide bonds. The molecule has 0 N–H and O–H groups in total. The van der Waals surface area contributed by atoms with E-state index >= 15 is 0 Å². The van der Waals surface area contributed by atoms with Crippen molar-refractivity contribution in [2.45, 2.75) is 175 Å². The lowest BCUT2D eigenvalue weighted by Gasteiger charge is -2.46. The van der Waals surface area contributed by atoms with E-state index in [1.165, 1.54) is 27.9 Å². The van der Waals surface area contributed by atoms with Crippen LogP contribution in [0.25, 0.3) is 0 Å². The van der Waals surface area contributed by atoms with Crippen molar-refractivity contribution >= 4 is 29.7 Å². The minimum Gasteiger partial charge on any atom is -0.462 e. The number of nitrogens with zero attached hydrogens (tertiary/aromatic N) is 1. The summed E-state index contributed by atoms with van der Waals surface area (Å²) in [4.78, 5) is 67.4. The van der Waals surface area contributed by atoms with Crippen molar-refractivity contribution in [2.24, 2.45) is 29.6 Å². The van der Waals surface area contributed by atoms with Gasteiger partial charge in [-0.05, 0) is 60.5 Å². The Morgan fingerprint density at radius 3 is 1.82 bits per heavy atom. The fourth-order valence-corrected chi connectivity index (χ4v) is 8.93. The minimum absolute atomic E-state index is 0.162. The van der Waals surface area contributed by atoms with Crippen LogP contribution in [0.2, 0.25) is 0 Å². The van der Waals surface area contributed by atoms with Gasteiger partial charge in [-0.2, -0.15) is 0 Å². The second-order valence-electron chi connectivity index (χ2n) is 17.1. The van der Waals surface area contributed by atoms with Gasteiger partial charge in [-0.15, -0.1) is 0 Å². The molecule has 57 heavy (non-hydrogen) atoms. The molecule has 16 heteroatoms. The summed E-state index contributed by atoms with van der Waals surface area (Å²) in [6, 6.07) is -0.247. The maximum atomic E-state index is 14.4. The van der Waals surface area contributed by atoms with Gasteiger partial charge in [0, 0.05) is 46.1 Å². The van der Waals surface area contributed by atoms with Crippen LogP contribution >= 0.6 is 0 Å². The zero-order chi connectivity index (χ0) is 42.7. The summed E-state index contributed by atoms with van der Waals surface area (Å²) in [5.74, 6) is -5.69. The quantitative estimate of drug-likeness (QED) is 0.187. The number of cyclic esters (lactones) is 1. The molecule has 0 aromatic heterocycles. The van der Waals surface area contributed by atoms with Gasteiger partial charge in [-0.3, -0.25) is 24.0 Å². The van der Waals surface area contributed by atoms with Gasteiger partial charge in [0.1, 0.15) is 18.3 Å². The average molecular weight is 814 g/mol. The molecule has 4 rings (SSSR count). The van der Waals surface area contributed by atoms with Gasteiger partial charge in [0.25, 0.3) is 0 Å². The average Bonchev–Trinajstić information content (AvgIpc) is 3.91. The summed E-state index contributed by atoms with van der Waals surface area (Å²) in [6.45, 7) is 18.5. The van der Waals surface area contributed by atoms with Crippen LogP contribution in [0.4, 0.5) is 0 Å². The molecule has 18 atom stereocenters. The molecule has 0 radical (unpaired) electrons. The predicted octanol–water partition coefficient (Wildman–Crippen LogP) is 3.62. The number of esters is 4. The first-order valence-electron chi connectivity index (χ1n) is 20.3. The number of rotatable bonds is 9. The highest BCUT2D eigenvalue weighted by Gasteiger charge is 2.58. The molecule has 4 aliphatic rings. The highest BCUT2D eigenvalue weighted by atomic mass is 16.7. The van der Waals surface area contributed by atoms with Crippen LogP contribution in [0.3, 0.4) is 0 Å². The topological polar surface area (TPSA) is 184 Å². The highest BCUT2D eigenvalue weighted by molar-refractivity contribution is 5.92. The molecular weight excluding hydrogens is 746 g/mol. The first-order chi connectivity index (χ1) is 26.6. The molecule has 0 aromatic carbocycles. The van der Waals surface area contributed by atoms with Crippen molar-refractivity contribution in [3.05, 3.63) is 0 Å². The smallest absolute Gasteiger partial charge is 0.311 e. The first-order valence-corrected chi connectivity index (χ1v) is 20.3. The van der Waals surface area contributed by atoms with Crippen molar-refractivity contribution in [3.8, 4) is 0 Å². The molecule has 8 unspecified atom stereocenters. The number of ketones is 1. The SMILES string of the molecule is COC1CC(O[C@H]2[C@H](C)[C@@H](OC3OC(C)CC(N(C)C)C3OC(C)=O)[C@@H](C)C[C@]3(CO3)C(=O)[C@H](C)[C@@H](OC(C)=O)[C@@H](C)[C@@H](C)OC(=O)[C@H]2C)OC(C)C1OC(C)=O. The largest absolute Gasteiger partial charge is 0.462 e. The molecule has 16 nitrogen and oxygen atoms in total. The van der Waals surface area contributed by atoms with E-state index in [1.54, 1.807) is 34.6 Å². The van der Waals surface area contributed by atoms with E-state index in [0.717, 1.165) is 0 Å². The molecule has 4 aliphatic heterocycles. The number of epoxide rings is 1. The Labute approximate surface area is 337 Å². The zero-order valence-electron chi connectivity index (χ0n) is 36.2. The number of carbonyl (C=O) groups is 5. The van der Waals surface area contributed by atoms with Gasteiger partial charge < -0.3 is 52.3 Å². The van der Waals surface area contributed by atoms with E-state index in [9.17, 15) is 24.0 Å². The summed E-state index contributed by atoms with van der Waals surface area (Å²) in [5.41, 5.74) is -1.19. The fraction of sp³-hybridized carbons (Fsp3) is 0.878. The summed E-state index contributed by atoms with van der Waals surface area (Å²) in [5, 5.41) is 0. The number of hydrogen-bond acceptors (Lipinski definition) is 16. The molecule has 0 saturated carbocycles. The minimum atomic E-state index is -1.19.